The molecule has 1 heterocycles. The average molecular weight is 343 g/mol. The van der Waals surface area contributed by atoms with Crippen LogP contribution in [0, 0.1) is 0 Å². The van der Waals surface area contributed by atoms with Crippen molar-refractivity contribution in [3.63, 3.8) is 0 Å². The Hall–Kier alpha value is -2.89. The molecule has 0 saturated heterocycles. The Morgan fingerprint density at radius 1 is 1.08 bits per heavy atom. The van der Waals surface area contributed by atoms with Crippen LogP contribution in [0.2, 0.25) is 0 Å². The van der Waals surface area contributed by atoms with Crippen molar-refractivity contribution in [1.82, 2.24) is 5.32 Å². The van der Waals surface area contributed by atoms with Gasteiger partial charge in [0, 0.05) is 18.0 Å². The van der Waals surface area contributed by atoms with Crippen molar-refractivity contribution >= 4 is 5.91 Å². The quantitative estimate of drug-likeness (QED) is 0.873. The van der Waals surface area contributed by atoms with E-state index in [1.807, 2.05) is 24.3 Å². The number of methoxy groups -OCH3 is 3. The third kappa shape index (κ3) is 3.20. The van der Waals surface area contributed by atoms with Gasteiger partial charge in [-0.1, -0.05) is 18.2 Å². The molecule has 0 aromatic heterocycles. The van der Waals surface area contributed by atoms with Gasteiger partial charge in [0.1, 0.15) is 5.75 Å². The van der Waals surface area contributed by atoms with E-state index >= 15 is 0 Å². The van der Waals surface area contributed by atoms with Crippen LogP contribution in [0.25, 0.3) is 0 Å². The van der Waals surface area contributed by atoms with Crippen LogP contribution in [0.15, 0.2) is 36.4 Å². The van der Waals surface area contributed by atoms with E-state index in [1.54, 1.807) is 12.1 Å². The highest BCUT2D eigenvalue weighted by Crippen LogP contribution is 2.39. The Morgan fingerprint density at radius 3 is 2.56 bits per heavy atom. The molecule has 1 aliphatic heterocycles. The molecule has 3 rings (SSSR count). The first-order chi connectivity index (χ1) is 12.2. The summed E-state index contributed by atoms with van der Waals surface area (Å²) in [6.07, 6.45) is 0. The van der Waals surface area contributed by atoms with E-state index in [9.17, 15) is 4.79 Å². The van der Waals surface area contributed by atoms with E-state index in [0.29, 0.717) is 36.0 Å². The normalized spacial score (nSPS) is 15.1. The van der Waals surface area contributed by atoms with Crippen LogP contribution >= 0.6 is 0 Å². The second-order valence-electron chi connectivity index (χ2n) is 5.64. The second-order valence-corrected chi connectivity index (χ2v) is 5.64. The van der Waals surface area contributed by atoms with Gasteiger partial charge in [0.15, 0.2) is 11.5 Å². The molecule has 1 atom stereocenters. The zero-order valence-electron chi connectivity index (χ0n) is 14.5. The van der Waals surface area contributed by atoms with Crippen LogP contribution < -0.4 is 24.3 Å². The fourth-order valence-corrected chi connectivity index (χ4v) is 2.99. The van der Waals surface area contributed by atoms with Crippen LogP contribution in [0.1, 0.15) is 21.8 Å². The van der Waals surface area contributed by atoms with Gasteiger partial charge in [-0.05, 0) is 18.2 Å². The average Bonchev–Trinajstić information content (AvgIpc) is 3.07. The lowest BCUT2D eigenvalue weighted by Gasteiger charge is -2.16. The van der Waals surface area contributed by atoms with E-state index in [2.05, 4.69) is 5.32 Å². The van der Waals surface area contributed by atoms with Gasteiger partial charge in [-0.2, -0.15) is 0 Å². The van der Waals surface area contributed by atoms with Crippen molar-refractivity contribution < 1.29 is 23.7 Å². The summed E-state index contributed by atoms with van der Waals surface area (Å²) in [4.78, 5) is 12.6. The summed E-state index contributed by atoms with van der Waals surface area (Å²) in [6, 6.07) is 11.2. The topological polar surface area (TPSA) is 66.0 Å². The van der Waals surface area contributed by atoms with E-state index < -0.39 is 0 Å². The van der Waals surface area contributed by atoms with Crippen molar-refractivity contribution in [1.29, 1.82) is 0 Å². The number of ether oxygens (including phenoxy) is 4. The van der Waals surface area contributed by atoms with Crippen LogP contribution in [0.4, 0.5) is 0 Å². The number of rotatable bonds is 6. The van der Waals surface area contributed by atoms with Gasteiger partial charge < -0.3 is 24.3 Å². The standard InChI is InChI=1S/C19H21NO5/c1-22-16-9-8-14(17(23-2)18(16)24-3)19(21)20-10-12-11-25-15-7-5-4-6-13(12)15/h4-9,12H,10-11H2,1-3H3,(H,20,21). The first-order valence-corrected chi connectivity index (χ1v) is 7.98. The van der Waals surface area contributed by atoms with Crippen molar-refractivity contribution in [2.45, 2.75) is 5.92 Å². The maximum atomic E-state index is 12.6. The summed E-state index contributed by atoms with van der Waals surface area (Å²) in [7, 11) is 4.54. The van der Waals surface area contributed by atoms with E-state index in [1.165, 1.54) is 21.3 Å². The Bertz CT molecular complexity index is 774. The van der Waals surface area contributed by atoms with Gasteiger partial charge in [-0.25, -0.2) is 0 Å². The monoisotopic (exact) mass is 343 g/mol. The number of hydrogen-bond acceptors (Lipinski definition) is 5. The molecule has 6 nitrogen and oxygen atoms in total. The van der Waals surface area contributed by atoms with Crippen molar-refractivity contribution in [3.8, 4) is 23.0 Å². The molecular formula is C19H21NO5. The molecule has 0 aliphatic carbocycles. The molecule has 0 bridgehead atoms. The number of carbonyl (C=O) groups excluding carboxylic acids is 1. The minimum Gasteiger partial charge on any atom is -0.493 e. The highest BCUT2D eigenvalue weighted by molar-refractivity contribution is 5.98. The number of nitrogens with one attached hydrogen (secondary N) is 1. The molecule has 25 heavy (non-hydrogen) atoms. The molecule has 0 radical (unpaired) electrons. The minimum absolute atomic E-state index is 0.131. The van der Waals surface area contributed by atoms with E-state index in [0.717, 1.165) is 11.3 Å². The third-order valence-corrected chi connectivity index (χ3v) is 4.26. The number of benzene rings is 2. The lowest BCUT2D eigenvalue weighted by molar-refractivity contribution is 0.0946. The Labute approximate surface area is 146 Å². The van der Waals surface area contributed by atoms with E-state index in [-0.39, 0.29) is 11.8 Å². The lowest BCUT2D eigenvalue weighted by Crippen LogP contribution is -2.29. The van der Waals surface area contributed by atoms with Crippen LogP contribution in [-0.2, 0) is 0 Å². The maximum absolute atomic E-state index is 12.6. The Kier molecular flexibility index (Phi) is 4.97. The highest BCUT2D eigenvalue weighted by Gasteiger charge is 2.25. The zero-order chi connectivity index (χ0) is 17.8. The molecule has 2 aromatic rings. The number of para-hydroxylation sites is 1. The summed E-state index contributed by atoms with van der Waals surface area (Å²) in [5.74, 6) is 2.03. The number of hydrogen-bond donors (Lipinski definition) is 1. The highest BCUT2D eigenvalue weighted by atomic mass is 16.5. The molecule has 1 amide bonds. The van der Waals surface area contributed by atoms with Crippen molar-refractivity contribution in [2.75, 3.05) is 34.5 Å². The Balaban J connectivity index is 1.76. The molecule has 6 heteroatoms. The molecule has 1 aliphatic rings. The fourth-order valence-electron chi connectivity index (χ4n) is 2.99. The summed E-state index contributed by atoms with van der Waals surface area (Å²) in [5, 5.41) is 2.95. The van der Waals surface area contributed by atoms with Gasteiger partial charge >= 0.3 is 0 Å². The molecule has 2 aromatic carbocycles. The van der Waals surface area contributed by atoms with Gasteiger partial charge in [-0.3, -0.25) is 4.79 Å². The second kappa shape index (κ2) is 7.34. The molecule has 1 N–H and O–H groups in total. The number of carbonyl (C=O) groups is 1. The van der Waals surface area contributed by atoms with Gasteiger partial charge in [-0.15, -0.1) is 0 Å². The van der Waals surface area contributed by atoms with Crippen LogP contribution in [0.5, 0.6) is 23.0 Å². The van der Waals surface area contributed by atoms with E-state index in [4.69, 9.17) is 18.9 Å². The van der Waals surface area contributed by atoms with Gasteiger partial charge in [0.2, 0.25) is 5.75 Å². The van der Waals surface area contributed by atoms with Gasteiger partial charge in [0.05, 0.1) is 33.5 Å². The SMILES string of the molecule is COc1ccc(C(=O)NCC2COc3ccccc32)c(OC)c1OC. The molecule has 1 unspecified atom stereocenters. The zero-order valence-corrected chi connectivity index (χ0v) is 14.5. The fraction of sp³-hybridized carbons (Fsp3) is 0.316. The third-order valence-electron chi connectivity index (χ3n) is 4.26. The predicted molar refractivity (Wildman–Crippen MR) is 93.1 cm³/mol. The summed E-state index contributed by atoms with van der Waals surface area (Å²) < 4.78 is 21.6. The van der Waals surface area contributed by atoms with Crippen LogP contribution in [0.3, 0.4) is 0 Å². The first kappa shape index (κ1) is 17.0. The molecular weight excluding hydrogens is 322 g/mol. The van der Waals surface area contributed by atoms with Crippen molar-refractivity contribution in [3.05, 3.63) is 47.5 Å². The largest absolute Gasteiger partial charge is 0.493 e. The number of fused-ring (bicyclic) bond motifs is 1. The molecule has 0 saturated carbocycles. The predicted octanol–water partition coefficient (Wildman–Crippen LogP) is 2.62. The Morgan fingerprint density at radius 2 is 1.84 bits per heavy atom. The van der Waals surface area contributed by atoms with Crippen LogP contribution in [-0.4, -0.2) is 40.4 Å². The smallest absolute Gasteiger partial charge is 0.255 e. The van der Waals surface area contributed by atoms with Gasteiger partial charge in [0.25, 0.3) is 5.91 Å². The first-order valence-electron chi connectivity index (χ1n) is 7.98. The van der Waals surface area contributed by atoms with Crippen molar-refractivity contribution in [2.24, 2.45) is 0 Å². The number of amides is 1. The molecule has 132 valence electrons. The molecule has 0 fully saturated rings. The lowest BCUT2D eigenvalue weighted by atomic mass is 10.0. The summed E-state index contributed by atoms with van der Waals surface area (Å²) in [6.45, 7) is 1.04. The molecule has 0 spiro atoms. The maximum Gasteiger partial charge on any atom is 0.255 e. The minimum atomic E-state index is -0.234. The summed E-state index contributed by atoms with van der Waals surface area (Å²) in [5.41, 5.74) is 1.51. The summed E-state index contributed by atoms with van der Waals surface area (Å²) >= 11 is 0.